The summed E-state index contributed by atoms with van der Waals surface area (Å²) in [6.45, 7) is 0.539. The van der Waals surface area contributed by atoms with Crippen LogP contribution in [0, 0.1) is 5.92 Å². The molecule has 2 N–H and O–H groups in total. The number of thioether (sulfide) groups is 1. The Morgan fingerprint density at radius 3 is 2.67 bits per heavy atom. The molecule has 1 saturated heterocycles. The van der Waals surface area contributed by atoms with Gasteiger partial charge in [-0.1, -0.05) is 0 Å². The van der Waals surface area contributed by atoms with Crippen molar-refractivity contribution in [2.75, 3.05) is 31.4 Å². The van der Waals surface area contributed by atoms with Gasteiger partial charge >= 0.3 is 5.97 Å². The molecule has 1 aliphatic rings. The van der Waals surface area contributed by atoms with Crippen molar-refractivity contribution in [2.45, 2.75) is 25.3 Å². The molecule has 7 nitrogen and oxygen atoms in total. The minimum atomic E-state index is -3.32. The number of piperidine rings is 1. The normalized spacial score (nSPS) is 21.7. The van der Waals surface area contributed by atoms with Crippen LogP contribution in [-0.2, 0) is 19.6 Å². The molecule has 1 aliphatic heterocycles. The van der Waals surface area contributed by atoms with E-state index in [0.717, 1.165) is 6.26 Å². The third kappa shape index (κ3) is 5.84. The number of amides is 1. The number of carboxylic acid groups (broad SMARTS) is 1. The highest BCUT2D eigenvalue weighted by Gasteiger charge is 2.32. The van der Waals surface area contributed by atoms with E-state index >= 15 is 0 Å². The molecule has 0 spiro atoms. The monoisotopic (exact) mass is 338 g/mol. The van der Waals surface area contributed by atoms with Crippen molar-refractivity contribution in [3.05, 3.63) is 0 Å². The Morgan fingerprint density at radius 2 is 2.14 bits per heavy atom. The van der Waals surface area contributed by atoms with E-state index in [2.05, 4.69) is 5.32 Å². The van der Waals surface area contributed by atoms with Crippen molar-refractivity contribution in [3.8, 4) is 0 Å². The highest BCUT2D eigenvalue weighted by molar-refractivity contribution is 7.98. The van der Waals surface area contributed by atoms with E-state index in [-0.39, 0.29) is 12.5 Å². The second kappa shape index (κ2) is 8.00. The van der Waals surface area contributed by atoms with Gasteiger partial charge in [0.15, 0.2) is 0 Å². The zero-order valence-electron chi connectivity index (χ0n) is 12.2. The van der Waals surface area contributed by atoms with Crippen molar-refractivity contribution < 1.29 is 23.1 Å². The lowest BCUT2D eigenvalue weighted by Crippen LogP contribution is -2.49. The van der Waals surface area contributed by atoms with E-state index in [1.807, 2.05) is 6.26 Å². The van der Waals surface area contributed by atoms with E-state index < -0.39 is 28.0 Å². The molecule has 9 heteroatoms. The summed E-state index contributed by atoms with van der Waals surface area (Å²) in [5.74, 6) is -1.29. The zero-order chi connectivity index (χ0) is 16.0. The predicted molar refractivity (Wildman–Crippen MR) is 81.7 cm³/mol. The molecule has 0 bridgehead atoms. The Balaban J connectivity index is 2.63. The number of sulfonamides is 1. The molecule has 1 heterocycles. The summed E-state index contributed by atoms with van der Waals surface area (Å²) in [5.41, 5.74) is 0. The number of hydrogen-bond donors (Lipinski definition) is 2. The number of hydrogen-bond acceptors (Lipinski definition) is 5. The van der Waals surface area contributed by atoms with Crippen LogP contribution in [0.25, 0.3) is 0 Å². The molecule has 1 fully saturated rings. The first-order valence-electron chi connectivity index (χ1n) is 6.73. The molecule has 0 saturated carbocycles. The molecule has 1 unspecified atom stereocenters. The molecule has 122 valence electrons. The van der Waals surface area contributed by atoms with E-state index in [0.29, 0.717) is 31.6 Å². The maximum Gasteiger partial charge on any atom is 0.326 e. The van der Waals surface area contributed by atoms with Crippen LogP contribution in [0.15, 0.2) is 0 Å². The quantitative estimate of drug-likeness (QED) is 0.676. The topological polar surface area (TPSA) is 104 Å². The zero-order valence-corrected chi connectivity index (χ0v) is 13.9. The van der Waals surface area contributed by atoms with Crippen LogP contribution in [-0.4, -0.2) is 67.1 Å². The van der Waals surface area contributed by atoms with Crippen molar-refractivity contribution in [1.82, 2.24) is 9.62 Å². The average molecular weight is 338 g/mol. The summed E-state index contributed by atoms with van der Waals surface area (Å²) < 4.78 is 24.3. The highest BCUT2D eigenvalue weighted by atomic mass is 32.2. The Hall–Kier alpha value is -0.800. The van der Waals surface area contributed by atoms with Crippen molar-refractivity contribution in [1.29, 1.82) is 0 Å². The molecule has 0 radical (unpaired) electrons. The lowest BCUT2D eigenvalue weighted by molar-refractivity contribution is -0.142. The second-order valence-electron chi connectivity index (χ2n) is 5.14. The molecule has 1 amide bonds. The first kappa shape index (κ1) is 18.2. The maximum absolute atomic E-state index is 12.1. The van der Waals surface area contributed by atoms with Crippen molar-refractivity contribution in [2.24, 2.45) is 5.92 Å². The van der Waals surface area contributed by atoms with Crippen LogP contribution < -0.4 is 5.32 Å². The van der Waals surface area contributed by atoms with E-state index in [9.17, 15) is 18.0 Å². The Bertz CT molecular complexity index is 480. The minimum absolute atomic E-state index is 0.125. The Morgan fingerprint density at radius 1 is 1.48 bits per heavy atom. The summed E-state index contributed by atoms with van der Waals surface area (Å²) in [6, 6.07) is -0.918. The molecule has 21 heavy (non-hydrogen) atoms. The third-order valence-electron chi connectivity index (χ3n) is 3.45. The fourth-order valence-corrected chi connectivity index (χ4v) is 3.62. The summed E-state index contributed by atoms with van der Waals surface area (Å²) in [6.07, 6.45) is 4.52. The van der Waals surface area contributed by atoms with Gasteiger partial charge in [0.25, 0.3) is 0 Å². The van der Waals surface area contributed by atoms with Crippen LogP contribution >= 0.6 is 11.8 Å². The van der Waals surface area contributed by atoms with Crippen molar-refractivity contribution in [3.63, 3.8) is 0 Å². The maximum atomic E-state index is 12.1. The minimum Gasteiger partial charge on any atom is -0.480 e. The second-order valence-corrected chi connectivity index (χ2v) is 8.11. The molecular formula is C12H22N2O5S2. The van der Waals surface area contributed by atoms with Gasteiger partial charge in [0, 0.05) is 13.1 Å². The standard InChI is InChI=1S/C12H22N2O5S2/c1-20-7-5-10(12(16)17)13-11(15)9-4-3-6-14(8-9)21(2,18)19/h9-10H,3-8H2,1-2H3,(H,13,15)(H,16,17)/t9?,10-/m1/s1. The van der Waals surface area contributed by atoms with E-state index in [4.69, 9.17) is 5.11 Å². The number of carbonyl (C=O) groups excluding carboxylic acids is 1. The summed E-state index contributed by atoms with van der Waals surface area (Å²) in [5, 5.41) is 11.6. The van der Waals surface area contributed by atoms with Gasteiger partial charge in [0.2, 0.25) is 15.9 Å². The summed E-state index contributed by atoms with van der Waals surface area (Å²) in [4.78, 5) is 23.3. The van der Waals surface area contributed by atoms with Gasteiger partial charge in [-0.3, -0.25) is 4.79 Å². The number of aliphatic carboxylic acids is 1. The van der Waals surface area contributed by atoms with Crippen LogP contribution in [0.4, 0.5) is 0 Å². The van der Waals surface area contributed by atoms with E-state index in [1.165, 1.54) is 16.1 Å². The van der Waals surface area contributed by atoms with Crippen LogP contribution in [0.5, 0.6) is 0 Å². The third-order valence-corrected chi connectivity index (χ3v) is 5.36. The predicted octanol–water partition coefficient (Wildman–Crippen LogP) is -0.0195. The molecule has 0 aromatic rings. The van der Waals surface area contributed by atoms with Gasteiger partial charge in [-0.25, -0.2) is 17.5 Å². The molecule has 0 aromatic heterocycles. The number of nitrogens with one attached hydrogen (secondary N) is 1. The van der Waals surface area contributed by atoms with Gasteiger partial charge in [-0.05, 0) is 31.3 Å². The smallest absolute Gasteiger partial charge is 0.326 e. The lowest BCUT2D eigenvalue weighted by Gasteiger charge is -2.30. The molecule has 0 aliphatic carbocycles. The number of nitrogens with zero attached hydrogens (tertiary/aromatic N) is 1. The van der Waals surface area contributed by atoms with Gasteiger partial charge in [-0.2, -0.15) is 11.8 Å². The van der Waals surface area contributed by atoms with Gasteiger partial charge in [-0.15, -0.1) is 0 Å². The summed E-state index contributed by atoms with van der Waals surface area (Å²) in [7, 11) is -3.32. The first-order chi connectivity index (χ1) is 9.75. The number of carbonyl (C=O) groups is 2. The van der Waals surface area contributed by atoms with Crippen LogP contribution in [0.1, 0.15) is 19.3 Å². The Kier molecular flexibility index (Phi) is 6.95. The largest absolute Gasteiger partial charge is 0.480 e. The average Bonchev–Trinajstić information content (AvgIpc) is 2.42. The fourth-order valence-electron chi connectivity index (χ4n) is 2.24. The lowest BCUT2D eigenvalue weighted by atomic mass is 9.98. The molecule has 2 atom stereocenters. The SMILES string of the molecule is CSCC[C@@H](NC(=O)C1CCCN(S(C)(=O)=O)C1)C(=O)O. The fraction of sp³-hybridized carbons (Fsp3) is 0.833. The Labute approximate surface area is 129 Å². The molecule has 1 rings (SSSR count). The number of rotatable bonds is 7. The van der Waals surface area contributed by atoms with Crippen LogP contribution in [0.2, 0.25) is 0 Å². The van der Waals surface area contributed by atoms with Crippen LogP contribution in [0.3, 0.4) is 0 Å². The van der Waals surface area contributed by atoms with Crippen molar-refractivity contribution >= 4 is 33.7 Å². The van der Waals surface area contributed by atoms with Gasteiger partial charge in [0.1, 0.15) is 6.04 Å². The van der Waals surface area contributed by atoms with Gasteiger partial charge < -0.3 is 10.4 Å². The highest BCUT2D eigenvalue weighted by Crippen LogP contribution is 2.19. The van der Waals surface area contributed by atoms with Gasteiger partial charge in [0.05, 0.1) is 12.2 Å². The van der Waals surface area contributed by atoms with E-state index in [1.54, 1.807) is 0 Å². The summed E-state index contributed by atoms with van der Waals surface area (Å²) >= 11 is 1.51. The molecule has 0 aromatic carbocycles. The molecular weight excluding hydrogens is 316 g/mol. The first-order valence-corrected chi connectivity index (χ1v) is 9.97. The number of carboxylic acids is 1.